The number of hydrogen-bond donors (Lipinski definition) is 1. The van der Waals surface area contributed by atoms with Gasteiger partial charge in [-0.2, -0.15) is 0 Å². The predicted octanol–water partition coefficient (Wildman–Crippen LogP) is 2.77. The van der Waals surface area contributed by atoms with Crippen molar-refractivity contribution >= 4 is 11.6 Å². The molecule has 1 N–H and O–H groups in total. The van der Waals surface area contributed by atoms with Gasteiger partial charge in [0.1, 0.15) is 12.4 Å². The summed E-state index contributed by atoms with van der Waals surface area (Å²) in [6.07, 6.45) is 4.31. The molecule has 0 radical (unpaired) electrons. The Labute approximate surface area is 107 Å². The smallest absolute Gasteiger partial charge is 0.142 e. The zero-order chi connectivity index (χ0) is 12.1. The molecule has 0 aliphatic heterocycles. The standard InChI is InChI=1S/C13H17ClN2O/c1-10-3-6-13(17-8-2-7-14)12(16-10)9-15-11-4-5-11/h2-3,6-7,11,15H,4-5,8-9H2,1H3. The lowest BCUT2D eigenvalue weighted by molar-refractivity contribution is 0.355. The van der Waals surface area contributed by atoms with Crippen LogP contribution in [0.25, 0.3) is 0 Å². The van der Waals surface area contributed by atoms with E-state index in [4.69, 9.17) is 16.3 Å². The van der Waals surface area contributed by atoms with Gasteiger partial charge in [0.05, 0.1) is 5.69 Å². The molecule has 1 heterocycles. The molecule has 4 heteroatoms. The van der Waals surface area contributed by atoms with E-state index >= 15 is 0 Å². The number of aromatic nitrogens is 1. The lowest BCUT2D eigenvalue weighted by Crippen LogP contribution is -2.17. The molecule has 0 amide bonds. The molecule has 0 spiro atoms. The van der Waals surface area contributed by atoms with Crippen molar-refractivity contribution in [2.45, 2.75) is 32.4 Å². The van der Waals surface area contributed by atoms with Gasteiger partial charge in [0.25, 0.3) is 0 Å². The van der Waals surface area contributed by atoms with Gasteiger partial charge >= 0.3 is 0 Å². The summed E-state index contributed by atoms with van der Waals surface area (Å²) in [5, 5.41) is 3.44. The van der Waals surface area contributed by atoms with E-state index in [9.17, 15) is 0 Å². The van der Waals surface area contributed by atoms with Gasteiger partial charge in [0.15, 0.2) is 0 Å². The molecule has 92 valence electrons. The highest BCUT2D eigenvalue weighted by atomic mass is 35.5. The lowest BCUT2D eigenvalue weighted by Gasteiger charge is -2.10. The summed E-state index contributed by atoms with van der Waals surface area (Å²) in [6.45, 7) is 3.24. The van der Waals surface area contributed by atoms with Crippen molar-refractivity contribution < 1.29 is 4.74 Å². The minimum atomic E-state index is 0.477. The van der Waals surface area contributed by atoms with Gasteiger partial charge in [0.2, 0.25) is 0 Å². The fourth-order valence-corrected chi connectivity index (χ4v) is 1.63. The molecule has 3 nitrogen and oxygen atoms in total. The van der Waals surface area contributed by atoms with Gasteiger partial charge in [-0.15, -0.1) is 0 Å². The zero-order valence-corrected chi connectivity index (χ0v) is 10.7. The molecule has 0 atom stereocenters. The molecule has 1 saturated carbocycles. The van der Waals surface area contributed by atoms with E-state index < -0.39 is 0 Å². The summed E-state index contributed by atoms with van der Waals surface area (Å²) in [4.78, 5) is 4.51. The SMILES string of the molecule is Cc1ccc(OCC=CCl)c(CNC2CC2)n1. The summed E-state index contributed by atoms with van der Waals surface area (Å²) in [6, 6.07) is 4.60. The third kappa shape index (κ3) is 4.02. The summed E-state index contributed by atoms with van der Waals surface area (Å²) in [7, 11) is 0. The maximum atomic E-state index is 5.61. The molecule has 0 unspecified atom stereocenters. The first-order chi connectivity index (χ1) is 8.29. The van der Waals surface area contributed by atoms with Gasteiger partial charge in [-0.25, -0.2) is 0 Å². The Morgan fingerprint density at radius 2 is 2.35 bits per heavy atom. The van der Waals surface area contributed by atoms with Gasteiger partial charge in [-0.3, -0.25) is 4.98 Å². The highest BCUT2D eigenvalue weighted by molar-refractivity contribution is 6.25. The van der Waals surface area contributed by atoms with Gasteiger partial charge in [-0.1, -0.05) is 11.6 Å². The van der Waals surface area contributed by atoms with E-state index in [1.54, 1.807) is 6.08 Å². The van der Waals surface area contributed by atoms with Crippen LogP contribution in [0.4, 0.5) is 0 Å². The van der Waals surface area contributed by atoms with E-state index in [1.165, 1.54) is 18.4 Å². The van der Waals surface area contributed by atoms with Crippen LogP contribution in [0.2, 0.25) is 0 Å². The number of rotatable bonds is 6. The quantitative estimate of drug-likeness (QED) is 0.845. The summed E-state index contributed by atoms with van der Waals surface area (Å²) in [5.74, 6) is 0.832. The fourth-order valence-electron chi connectivity index (χ4n) is 1.56. The number of ether oxygens (including phenoxy) is 1. The number of pyridine rings is 1. The Morgan fingerprint density at radius 3 is 3.06 bits per heavy atom. The van der Waals surface area contributed by atoms with Gasteiger partial charge in [0, 0.05) is 23.8 Å². The summed E-state index contributed by atoms with van der Waals surface area (Å²) < 4.78 is 5.61. The molecule has 2 rings (SSSR count). The zero-order valence-electron chi connectivity index (χ0n) is 9.95. The van der Waals surface area contributed by atoms with Crippen LogP contribution in [0.5, 0.6) is 5.75 Å². The van der Waals surface area contributed by atoms with Crippen LogP contribution < -0.4 is 10.1 Å². The number of nitrogens with one attached hydrogen (secondary N) is 1. The monoisotopic (exact) mass is 252 g/mol. The number of halogens is 1. The first-order valence-corrected chi connectivity index (χ1v) is 6.31. The van der Waals surface area contributed by atoms with Crippen molar-refractivity contribution in [2.24, 2.45) is 0 Å². The van der Waals surface area contributed by atoms with Crippen molar-refractivity contribution in [3.63, 3.8) is 0 Å². The Kier molecular flexibility index (Phi) is 4.40. The molecule has 17 heavy (non-hydrogen) atoms. The second-order valence-corrected chi connectivity index (χ2v) is 4.48. The van der Waals surface area contributed by atoms with E-state index in [1.807, 2.05) is 19.1 Å². The van der Waals surface area contributed by atoms with Crippen LogP contribution in [0, 0.1) is 6.92 Å². The minimum absolute atomic E-state index is 0.477. The maximum absolute atomic E-state index is 5.61. The molecule has 1 aliphatic carbocycles. The van der Waals surface area contributed by atoms with Crippen LogP contribution in [0.1, 0.15) is 24.2 Å². The van der Waals surface area contributed by atoms with Gasteiger partial charge in [-0.05, 0) is 38.0 Å². The van der Waals surface area contributed by atoms with E-state index in [-0.39, 0.29) is 0 Å². The lowest BCUT2D eigenvalue weighted by atomic mass is 10.3. The molecule has 1 aromatic rings. The van der Waals surface area contributed by atoms with E-state index in [2.05, 4.69) is 10.3 Å². The first kappa shape index (κ1) is 12.4. The first-order valence-electron chi connectivity index (χ1n) is 5.87. The highest BCUT2D eigenvalue weighted by Gasteiger charge is 2.21. The van der Waals surface area contributed by atoms with Crippen LogP contribution in [0.3, 0.4) is 0 Å². The molecule has 1 fully saturated rings. The number of aryl methyl sites for hydroxylation is 1. The number of hydrogen-bond acceptors (Lipinski definition) is 3. The fraction of sp³-hybridized carbons (Fsp3) is 0.462. The van der Waals surface area contributed by atoms with E-state index in [0.717, 1.165) is 23.7 Å². The van der Waals surface area contributed by atoms with Crippen molar-refractivity contribution in [3.8, 4) is 5.75 Å². The predicted molar refractivity (Wildman–Crippen MR) is 69.3 cm³/mol. The molecule has 1 aromatic heterocycles. The minimum Gasteiger partial charge on any atom is -0.488 e. The topological polar surface area (TPSA) is 34.1 Å². The van der Waals surface area contributed by atoms with Crippen LogP contribution >= 0.6 is 11.6 Å². The molecular weight excluding hydrogens is 236 g/mol. The molecular formula is C13H17ClN2O. The van der Waals surface area contributed by atoms with Crippen LogP contribution in [-0.2, 0) is 6.54 Å². The van der Waals surface area contributed by atoms with E-state index in [0.29, 0.717) is 12.6 Å². The van der Waals surface area contributed by atoms with Crippen LogP contribution in [0.15, 0.2) is 23.7 Å². The third-order valence-electron chi connectivity index (χ3n) is 2.63. The Morgan fingerprint density at radius 1 is 1.53 bits per heavy atom. The number of nitrogens with zero attached hydrogens (tertiary/aromatic N) is 1. The second kappa shape index (κ2) is 6.03. The Bertz CT molecular complexity index is 402. The highest BCUT2D eigenvalue weighted by Crippen LogP contribution is 2.22. The van der Waals surface area contributed by atoms with Crippen molar-refractivity contribution in [1.29, 1.82) is 0 Å². The average molecular weight is 253 g/mol. The normalized spacial score (nSPS) is 15.4. The molecule has 0 aromatic carbocycles. The second-order valence-electron chi connectivity index (χ2n) is 4.23. The van der Waals surface area contributed by atoms with Crippen molar-refractivity contribution in [2.75, 3.05) is 6.61 Å². The average Bonchev–Trinajstić information content (AvgIpc) is 3.13. The largest absolute Gasteiger partial charge is 0.488 e. The third-order valence-corrected chi connectivity index (χ3v) is 2.81. The molecule has 0 bridgehead atoms. The maximum Gasteiger partial charge on any atom is 0.142 e. The van der Waals surface area contributed by atoms with Gasteiger partial charge < -0.3 is 10.1 Å². The molecule has 0 saturated heterocycles. The Hall–Kier alpha value is -1.06. The molecule has 1 aliphatic rings. The van der Waals surface area contributed by atoms with Crippen LogP contribution in [-0.4, -0.2) is 17.6 Å². The summed E-state index contributed by atoms with van der Waals surface area (Å²) in [5.41, 5.74) is 3.45. The Balaban J connectivity index is 2.00. The van der Waals surface area contributed by atoms with Crippen molar-refractivity contribution in [1.82, 2.24) is 10.3 Å². The summed E-state index contributed by atoms with van der Waals surface area (Å²) >= 11 is 5.46. The van der Waals surface area contributed by atoms with Crippen molar-refractivity contribution in [3.05, 3.63) is 35.1 Å².